The highest BCUT2D eigenvalue weighted by Crippen LogP contribution is 2.10. The number of carbonyl (C=O) groups is 1. The van der Waals surface area contributed by atoms with Crippen LogP contribution >= 0.6 is 0 Å². The average Bonchev–Trinajstić information content (AvgIpc) is 2.01. The van der Waals surface area contributed by atoms with Crippen molar-refractivity contribution in [3.8, 4) is 0 Å². The first kappa shape index (κ1) is 14.2. The summed E-state index contributed by atoms with van der Waals surface area (Å²) in [7, 11) is 0. The Hall–Kier alpha value is -0.770. The molecule has 1 amide bonds. The molecule has 90 valence electrons. The number of ether oxygens (including phenoxy) is 1. The van der Waals surface area contributed by atoms with Crippen LogP contribution in [0.3, 0.4) is 0 Å². The molecule has 0 saturated carbocycles. The molecule has 0 aromatic rings. The van der Waals surface area contributed by atoms with Gasteiger partial charge in [-0.1, -0.05) is 13.8 Å². The van der Waals surface area contributed by atoms with Gasteiger partial charge in [0.05, 0.1) is 0 Å². The zero-order chi connectivity index (χ0) is 12.1. The van der Waals surface area contributed by atoms with Crippen molar-refractivity contribution < 1.29 is 14.6 Å². The first-order valence-corrected chi connectivity index (χ1v) is 5.34. The van der Waals surface area contributed by atoms with Crippen LogP contribution in [-0.2, 0) is 4.74 Å². The normalized spacial score (nSPS) is 13.8. The van der Waals surface area contributed by atoms with Crippen molar-refractivity contribution in [1.29, 1.82) is 0 Å². The molecule has 0 radical (unpaired) electrons. The van der Waals surface area contributed by atoms with Crippen molar-refractivity contribution in [2.45, 2.75) is 40.2 Å². The second-order valence-electron chi connectivity index (χ2n) is 5.07. The molecule has 0 aliphatic rings. The van der Waals surface area contributed by atoms with E-state index in [1.54, 1.807) is 0 Å². The maximum absolute atomic E-state index is 11.3. The quantitative estimate of drug-likeness (QED) is 0.754. The molecule has 0 unspecified atom stereocenters. The predicted octanol–water partition coefficient (Wildman–Crippen LogP) is 1.78. The lowest BCUT2D eigenvalue weighted by atomic mass is 9.97. The van der Waals surface area contributed by atoms with Crippen LogP contribution in [0, 0.1) is 11.8 Å². The molecule has 1 atom stereocenters. The number of aliphatic hydroxyl groups excluding tert-OH is 1. The lowest BCUT2D eigenvalue weighted by molar-refractivity contribution is 0.0505. The second-order valence-corrected chi connectivity index (χ2v) is 5.07. The lowest BCUT2D eigenvalue weighted by Crippen LogP contribution is -2.37. The molecule has 2 N–H and O–H groups in total. The molecule has 0 bridgehead atoms. The summed E-state index contributed by atoms with van der Waals surface area (Å²) in [6, 6.07) is 0. The number of carbonyl (C=O) groups excluding carboxylic acids is 1. The van der Waals surface area contributed by atoms with Gasteiger partial charge in [0.1, 0.15) is 5.60 Å². The highest BCUT2D eigenvalue weighted by atomic mass is 16.6. The van der Waals surface area contributed by atoms with Crippen LogP contribution in [0.25, 0.3) is 0 Å². The molecule has 0 rings (SSSR count). The van der Waals surface area contributed by atoms with Crippen LogP contribution in [0.5, 0.6) is 0 Å². The second kappa shape index (κ2) is 5.95. The Morgan fingerprint density at radius 3 is 2.27 bits per heavy atom. The van der Waals surface area contributed by atoms with E-state index >= 15 is 0 Å². The Balaban J connectivity index is 3.89. The number of nitrogens with one attached hydrogen (secondary N) is 1. The van der Waals surface area contributed by atoms with E-state index in [1.807, 2.05) is 34.6 Å². The highest BCUT2D eigenvalue weighted by molar-refractivity contribution is 5.67. The average molecular weight is 217 g/mol. The summed E-state index contributed by atoms with van der Waals surface area (Å²) in [5.74, 6) is 0.419. The van der Waals surface area contributed by atoms with Gasteiger partial charge in [0.25, 0.3) is 0 Å². The van der Waals surface area contributed by atoms with E-state index in [2.05, 4.69) is 5.32 Å². The van der Waals surface area contributed by atoms with Gasteiger partial charge in [-0.25, -0.2) is 4.79 Å². The molecule has 0 aliphatic carbocycles. The van der Waals surface area contributed by atoms with Crippen molar-refractivity contribution in [1.82, 2.24) is 5.32 Å². The number of alkyl carbamates (subject to hydrolysis) is 1. The largest absolute Gasteiger partial charge is 0.444 e. The third kappa shape index (κ3) is 7.19. The van der Waals surface area contributed by atoms with E-state index in [0.717, 1.165) is 0 Å². The van der Waals surface area contributed by atoms with Crippen molar-refractivity contribution >= 4 is 6.09 Å². The third-order valence-electron chi connectivity index (χ3n) is 2.08. The van der Waals surface area contributed by atoms with Crippen LogP contribution in [0.15, 0.2) is 0 Å². The third-order valence-corrected chi connectivity index (χ3v) is 2.08. The van der Waals surface area contributed by atoms with Gasteiger partial charge in [0.2, 0.25) is 0 Å². The summed E-state index contributed by atoms with van der Waals surface area (Å²) in [6.07, 6.45) is -0.429. The fourth-order valence-electron chi connectivity index (χ4n) is 1.04. The number of amides is 1. The smallest absolute Gasteiger partial charge is 0.407 e. The number of hydrogen-bond acceptors (Lipinski definition) is 3. The van der Waals surface area contributed by atoms with E-state index in [-0.39, 0.29) is 12.5 Å². The molecule has 0 saturated heterocycles. The van der Waals surface area contributed by atoms with E-state index in [0.29, 0.717) is 12.5 Å². The number of hydrogen-bond donors (Lipinski definition) is 2. The minimum atomic E-state index is -0.476. The van der Waals surface area contributed by atoms with Gasteiger partial charge >= 0.3 is 6.09 Å². The molecular weight excluding hydrogens is 194 g/mol. The molecule has 4 nitrogen and oxygen atoms in total. The van der Waals surface area contributed by atoms with E-state index in [4.69, 9.17) is 9.84 Å². The fourth-order valence-corrected chi connectivity index (χ4v) is 1.04. The monoisotopic (exact) mass is 217 g/mol. The molecule has 0 heterocycles. The summed E-state index contributed by atoms with van der Waals surface area (Å²) in [5, 5.41) is 11.7. The van der Waals surface area contributed by atoms with Gasteiger partial charge in [-0.2, -0.15) is 0 Å². The SMILES string of the molecule is CC(C)[C@H](CO)CNC(=O)OC(C)(C)C. The molecule has 4 heteroatoms. The fraction of sp³-hybridized carbons (Fsp3) is 0.909. The van der Waals surface area contributed by atoms with Gasteiger partial charge in [-0.3, -0.25) is 0 Å². The van der Waals surface area contributed by atoms with E-state index in [1.165, 1.54) is 0 Å². The zero-order valence-corrected chi connectivity index (χ0v) is 10.3. The minimum Gasteiger partial charge on any atom is -0.444 e. The first-order valence-electron chi connectivity index (χ1n) is 5.34. The maximum Gasteiger partial charge on any atom is 0.407 e. The summed E-state index contributed by atoms with van der Waals surface area (Å²) < 4.78 is 5.08. The van der Waals surface area contributed by atoms with Gasteiger partial charge in [0.15, 0.2) is 0 Å². The molecule has 0 aliphatic heterocycles. The van der Waals surface area contributed by atoms with Gasteiger partial charge < -0.3 is 15.2 Å². The van der Waals surface area contributed by atoms with Crippen LogP contribution in [0.1, 0.15) is 34.6 Å². The van der Waals surface area contributed by atoms with Crippen LogP contribution in [0.2, 0.25) is 0 Å². The van der Waals surface area contributed by atoms with Crippen LogP contribution in [-0.4, -0.2) is 30.0 Å². The van der Waals surface area contributed by atoms with Crippen molar-refractivity contribution in [2.75, 3.05) is 13.2 Å². The van der Waals surface area contributed by atoms with E-state index in [9.17, 15) is 4.79 Å². The summed E-state index contributed by atoms with van der Waals surface area (Å²) in [6.45, 7) is 10.0. The molecule has 0 fully saturated rings. The summed E-state index contributed by atoms with van der Waals surface area (Å²) in [4.78, 5) is 11.3. The van der Waals surface area contributed by atoms with Crippen molar-refractivity contribution in [2.24, 2.45) is 11.8 Å². The lowest BCUT2D eigenvalue weighted by Gasteiger charge is -2.22. The molecule has 0 aromatic heterocycles. The van der Waals surface area contributed by atoms with Crippen LogP contribution < -0.4 is 5.32 Å². The maximum atomic E-state index is 11.3. The minimum absolute atomic E-state index is 0.0768. The Bertz CT molecular complexity index is 196. The molecule has 0 aromatic carbocycles. The summed E-state index contributed by atoms with van der Waals surface area (Å²) in [5.41, 5.74) is -0.476. The van der Waals surface area contributed by atoms with Crippen LogP contribution in [0.4, 0.5) is 4.79 Å². The topological polar surface area (TPSA) is 58.6 Å². The Kier molecular flexibility index (Phi) is 5.65. The Morgan fingerprint density at radius 2 is 1.93 bits per heavy atom. The highest BCUT2D eigenvalue weighted by Gasteiger charge is 2.18. The predicted molar refractivity (Wildman–Crippen MR) is 59.7 cm³/mol. The Labute approximate surface area is 92.0 Å². The first-order chi connectivity index (χ1) is 6.76. The van der Waals surface area contributed by atoms with Gasteiger partial charge in [0, 0.05) is 19.1 Å². The number of aliphatic hydroxyl groups is 1. The van der Waals surface area contributed by atoms with Gasteiger partial charge in [-0.15, -0.1) is 0 Å². The van der Waals surface area contributed by atoms with E-state index < -0.39 is 11.7 Å². The van der Waals surface area contributed by atoms with Crippen molar-refractivity contribution in [3.05, 3.63) is 0 Å². The standard InChI is InChI=1S/C11H23NO3/c1-8(2)9(7-13)6-12-10(14)15-11(3,4)5/h8-9,13H,6-7H2,1-5H3,(H,12,14)/t9-/m0/s1. The summed E-state index contributed by atoms with van der Waals surface area (Å²) >= 11 is 0. The molecule has 15 heavy (non-hydrogen) atoms. The molecule has 0 spiro atoms. The zero-order valence-electron chi connectivity index (χ0n) is 10.3. The Morgan fingerprint density at radius 1 is 1.40 bits per heavy atom. The van der Waals surface area contributed by atoms with Gasteiger partial charge in [-0.05, 0) is 26.7 Å². The number of rotatable bonds is 4. The molecular formula is C11H23NO3. The van der Waals surface area contributed by atoms with Crippen molar-refractivity contribution in [3.63, 3.8) is 0 Å².